The maximum absolute atomic E-state index is 6.30. The highest BCUT2D eigenvalue weighted by Crippen LogP contribution is 2.23. The molecule has 0 atom stereocenters. The molecule has 4 rings (SSSR count). The molecule has 0 spiro atoms. The van der Waals surface area contributed by atoms with E-state index < -0.39 is 0 Å². The van der Waals surface area contributed by atoms with Crippen LogP contribution in [0.4, 0.5) is 5.95 Å². The van der Waals surface area contributed by atoms with Gasteiger partial charge in [0, 0.05) is 69.0 Å². The molecule has 5 nitrogen and oxygen atoms in total. The normalized spacial score (nSPS) is 19.0. The summed E-state index contributed by atoms with van der Waals surface area (Å²) in [6.07, 6.45) is 3.00. The van der Waals surface area contributed by atoms with Crippen molar-refractivity contribution < 1.29 is 0 Å². The predicted octanol–water partition coefficient (Wildman–Crippen LogP) is 2.44. The van der Waals surface area contributed by atoms with Crippen molar-refractivity contribution in [3.63, 3.8) is 0 Å². The number of piperazine rings is 1. The number of hydrogen-bond donors (Lipinski definition) is 0. The molecule has 0 radical (unpaired) electrons. The van der Waals surface area contributed by atoms with E-state index in [1.54, 1.807) is 0 Å². The van der Waals surface area contributed by atoms with Crippen molar-refractivity contribution in [2.75, 3.05) is 44.7 Å². The fourth-order valence-electron chi connectivity index (χ4n) is 3.53. The number of hydrogen-bond acceptors (Lipinski definition) is 5. The number of likely N-dealkylation sites (N-methyl/N-ethyl adjacent to an activating group) is 1. The number of halogens is 1. The average Bonchev–Trinajstić information content (AvgIpc) is 2.64. The number of rotatable bonds is 3. The van der Waals surface area contributed by atoms with E-state index in [2.05, 4.69) is 32.8 Å². The molecule has 1 aromatic carbocycles. The monoisotopic (exact) mass is 357 g/mol. The Morgan fingerprint density at radius 3 is 2.68 bits per heavy atom. The van der Waals surface area contributed by atoms with Crippen LogP contribution in [0.15, 0.2) is 30.5 Å². The van der Waals surface area contributed by atoms with Gasteiger partial charge >= 0.3 is 0 Å². The molecule has 6 heteroatoms. The van der Waals surface area contributed by atoms with Gasteiger partial charge in [-0.3, -0.25) is 4.90 Å². The molecule has 0 N–H and O–H groups in total. The van der Waals surface area contributed by atoms with E-state index in [9.17, 15) is 0 Å². The zero-order chi connectivity index (χ0) is 17.2. The third-order valence-electron chi connectivity index (χ3n) is 5.14. The van der Waals surface area contributed by atoms with Crippen LogP contribution in [0, 0.1) is 0 Å². The molecule has 0 bridgehead atoms. The van der Waals surface area contributed by atoms with Gasteiger partial charge in [-0.2, -0.15) is 0 Å². The molecular formula is C19H24ClN5. The van der Waals surface area contributed by atoms with E-state index in [1.807, 2.05) is 24.4 Å². The lowest BCUT2D eigenvalue weighted by molar-refractivity contribution is 0.243. The van der Waals surface area contributed by atoms with Gasteiger partial charge < -0.3 is 9.80 Å². The van der Waals surface area contributed by atoms with Crippen LogP contribution in [0.3, 0.4) is 0 Å². The highest BCUT2D eigenvalue weighted by Gasteiger charge is 2.22. The van der Waals surface area contributed by atoms with Gasteiger partial charge in [0.05, 0.1) is 5.69 Å². The number of aromatic nitrogens is 2. The minimum atomic E-state index is 0.843. The first-order chi connectivity index (χ1) is 12.2. The maximum Gasteiger partial charge on any atom is 0.225 e. The zero-order valence-electron chi connectivity index (χ0n) is 14.7. The molecule has 2 aromatic rings. The SMILES string of the molecule is CN1CCN(c2ncc3c(n2)CCN(Cc2ccccc2Cl)C3)CC1. The Kier molecular flexibility index (Phi) is 4.88. The zero-order valence-corrected chi connectivity index (χ0v) is 15.4. The van der Waals surface area contributed by atoms with Crippen LogP contribution in [0.25, 0.3) is 0 Å². The van der Waals surface area contributed by atoms with Gasteiger partial charge in [0.1, 0.15) is 0 Å². The summed E-state index contributed by atoms with van der Waals surface area (Å²) >= 11 is 6.30. The number of anilines is 1. The van der Waals surface area contributed by atoms with Gasteiger partial charge in [-0.25, -0.2) is 9.97 Å². The van der Waals surface area contributed by atoms with Gasteiger partial charge in [-0.1, -0.05) is 29.8 Å². The van der Waals surface area contributed by atoms with Gasteiger partial charge in [-0.15, -0.1) is 0 Å². The van der Waals surface area contributed by atoms with Crippen LogP contribution in [0.1, 0.15) is 16.8 Å². The van der Waals surface area contributed by atoms with Crippen molar-refractivity contribution in [3.05, 3.63) is 52.3 Å². The number of fused-ring (bicyclic) bond motifs is 1. The van der Waals surface area contributed by atoms with E-state index in [1.165, 1.54) is 16.8 Å². The first-order valence-corrected chi connectivity index (χ1v) is 9.31. The van der Waals surface area contributed by atoms with Crippen molar-refractivity contribution in [1.82, 2.24) is 19.8 Å². The molecule has 132 valence electrons. The fraction of sp³-hybridized carbons (Fsp3) is 0.474. The lowest BCUT2D eigenvalue weighted by Crippen LogP contribution is -2.45. The molecule has 1 fully saturated rings. The molecule has 2 aliphatic rings. The van der Waals surface area contributed by atoms with E-state index in [-0.39, 0.29) is 0 Å². The molecule has 0 aliphatic carbocycles. The molecule has 0 amide bonds. The second-order valence-corrected chi connectivity index (χ2v) is 7.39. The maximum atomic E-state index is 6.30. The number of benzene rings is 1. The summed E-state index contributed by atoms with van der Waals surface area (Å²) in [5.74, 6) is 0.895. The molecular weight excluding hydrogens is 334 g/mol. The molecule has 0 unspecified atom stereocenters. The first-order valence-electron chi connectivity index (χ1n) is 8.93. The van der Waals surface area contributed by atoms with Crippen LogP contribution in [0.5, 0.6) is 0 Å². The first kappa shape index (κ1) is 16.8. The van der Waals surface area contributed by atoms with Crippen LogP contribution in [-0.4, -0.2) is 59.5 Å². The number of nitrogens with zero attached hydrogens (tertiary/aromatic N) is 5. The van der Waals surface area contributed by atoms with Gasteiger partial charge in [0.2, 0.25) is 5.95 Å². The molecule has 2 aliphatic heterocycles. The summed E-state index contributed by atoms with van der Waals surface area (Å²) in [5, 5.41) is 0.843. The van der Waals surface area contributed by atoms with Crippen LogP contribution < -0.4 is 4.90 Å². The van der Waals surface area contributed by atoms with Crippen molar-refractivity contribution in [2.45, 2.75) is 19.5 Å². The predicted molar refractivity (Wildman–Crippen MR) is 101 cm³/mol. The summed E-state index contributed by atoms with van der Waals surface area (Å²) in [5.41, 5.74) is 3.64. The van der Waals surface area contributed by atoms with Crippen molar-refractivity contribution in [3.8, 4) is 0 Å². The minimum Gasteiger partial charge on any atom is -0.338 e. The summed E-state index contributed by atoms with van der Waals surface area (Å²) in [7, 11) is 2.17. The van der Waals surface area contributed by atoms with E-state index >= 15 is 0 Å². The second-order valence-electron chi connectivity index (χ2n) is 6.98. The lowest BCUT2D eigenvalue weighted by atomic mass is 10.1. The lowest BCUT2D eigenvalue weighted by Gasteiger charge is -2.33. The Bertz CT molecular complexity index is 742. The summed E-state index contributed by atoms with van der Waals surface area (Å²) in [4.78, 5) is 16.6. The third-order valence-corrected chi connectivity index (χ3v) is 5.51. The smallest absolute Gasteiger partial charge is 0.225 e. The Labute approximate surface area is 154 Å². The summed E-state index contributed by atoms with van der Waals surface area (Å²) in [6, 6.07) is 8.08. The Morgan fingerprint density at radius 1 is 1.08 bits per heavy atom. The van der Waals surface area contributed by atoms with Crippen LogP contribution in [-0.2, 0) is 19.5 Å². The highest BCUT2D eigenvalue weighted by atomic mass is 35.5. The third kappa shape index (κ3) is 3.78. The molecule has 25 heavy (non-hydrogen) atoms. The minimum absolute atomic E-state index is 0.843. The summed E-state index contributed by atoms with van der Waals surface area (Å²) in [6.45, 7) is 6.94. The van der Waals surface area contributed by atoms with E-state index in [0.717, 1.165) is 63.2 Å². The van der Waals surface area contributed by atoms with E-state index in [0.29, 0.717) is 0 Å². The van der Waals surface area contributed by atoms with Crippen molar-refractivity contribution in [1.29, 1.82) is 0 Å². The largest absolute Gasteiger partial charge is 0.338 e. The van der Waals surface area contributed by atoms with E-state index in [4.69, 9.17) is 16.6 Å². The topological polar surface area (TPSA) is 35.5 Å². The molecule has 1 aromatic heterocycles. The Morgan fingerprint density at radius 2 is 1.88 bits per heavy atom. The van der Waals surface area contributed by atoms with Gasteiger partial charge in [-0.05, 0) is 18.7 Å². The quantitative estimate of drug-likeness (QED) is 0.843. The average molecular weight is 358 g/mol. The van der Waals surface area contributed by atoms with Crippen molar-refractivity contribution >= 4 is 17.5 Å². The van der Waals surface area contributed by atoms with Crippen molar-refractivity contribution in [2.24, 2.45) is 0 Å². The molecule has 1 saturated heterocycles. The Hall–Kier alpha value is -1.69. The second kappa shape index (κ2) is 7.28. The van der Waals surface area contributed by atoms with Gasteiger partial charge in [0.25, 0.3) is 0 Å². The summed E-state index contributed by atoms with van der Waals surface area (Å²) < 4.78 is 0. The van der Waals surface area contributed by atoms with Gasteiger partial charge in [0.15, 0.2) is 0 Å². The fourth-order valence-corrected chi connectivity index (χ4v) is 3.72. The Balaban J connectivity index is 1.44. The molecule has 3 heterocycles. The standard InChI is InChI=1S/C19H24ClN5/c1-23-8-10-25(11-9-23)19-21-12-16-14-24(7-6-18(16)22-19)13-15-4-2-3-5-17(15)20/h2-5,12H,6-11,13-14H2,1H3. The molecule has 0 saturated carbocycles. The highest BCUT2D eigenvalue weighted by molar-refractivity contribution is 6.31. The van der Waals surface area contributed by atoms with Crippen LogP contribution >= 0.6 is 11.6 Å². The van der Waals surface area contributed by atoms with Crippen LogP contribution in [0.2, 0.25) is 5.02 Å².